The second kappa shape index (κ2) is 7.55. The zero-order valence-corrected chi connectivity index (χ0v) is 17.3. The SMILES string of the molecule is CN1C(=CC(=O)CSc2ccc3c(c2)OCCCO3)C(C)(C)c2ccccc21. The van der Waals surface area contributed by atoms with Gasteiger partial charge in [0, 0.05) is 41.2 Å². The van der Waals surface area contributed by atoms with Crippen LogP contribution in [0.4, 0.5) is 5.69 Å². The van der Waals surface area contributed by atoms with Gasteiger partial charge in [-0.2, -0.15) is 0 Å². The molecular formula is C23H25NO3S. The Morgan fingerprint density at radius 1 is 1.14 bits per heavy atom. The van der Waals surface area contributed by atoms with E-state index in [0.717, 1.165) is 28.5 Å². The highest BCUT2D eigenvalue weighted by Gasteiger charge is 2.38. The lowest BCUT2D eigenvalue weighted by atomic mass is 9.83. The minimum Gasteiger partial charge on any atom is -0.490 e. The van der Waals surface area contributed by atoms with Gasteiger partial charge in [-0.15, -0.1) is 11.8 Å². The molecule has 28 heavy (non-hydrogen) atoms. The number of fused-ring (bicyclic) bond motifs is 2. The van der Waals surface area contributed by atoms with Crippen LogP contribution in [-0.2, 0) is 10.2 Å². The van der Waals surface area contributed by atoms with Crippen molar-refractivity contribution >= 4 is 23.2 Å². The van der Waals surface area contributed by atoms with E-state index in [1.54, 1.807) is 6.08 Å². The molecule has 2 aromatic rings. The summed E-state index contributed by atoms with van der Waals surface area (Å²) in [6.45, 7) is 5.68. The van der Waals surface area contributed by atoms with Gasteiger partial charge < -0.3 is 14.4 Å². The second-order valence-corrected chi connectivity index (χ2v) is 8.69. The fourth-order valence-corrected chi connectivity index (χ4v) is 4.59. The summed E-state index contributed by atoms with van der Waals surface area (Å²) < 4.78 is 11.4. The van der Waals surface area contributed by atoms with Crippen LogP contribution < -0.4 is 14.4 Å². The Morgan fingerprint density at radius 2 is 1.89 bits per heavy atom. The number of ether oxygens (including phenoxy) is 2. The van der Waals surface area contributed by atoms with E-state index in [9.17, 15) is 4.79 Å². The summed E-state index contributed by atoms with van der Waals surface area (Å²) in [6.07, 6.45) is 2.69. The second-order valence-electron chi connectivity index (χ2n) is 7.64. The van der Waals surface area contributed by atoms with E-state index in [1.807, 2.05) is 31.3 Å². The molecule has 0 atom stereocenters. The first-order chi connectivity index (χ1) is 13.5. The van der Waals surface area contributed by atoms with Gasteiger partial charge in [-0.3, -0.25) is 4.79 Å². The number of likely N-dealkylation sites (N-methyl/N-ethyl adjacent to an activating group) is 1. The van der Waals surface area contributed by atoms with E-state index in [2.05, 4.69) is 36.9 Å². The van der Waals surface area contributed by atoms with Gasteiger partial charge in [-0.1, -0.05) is 32.0 Å². The molecule has 0 radical (unpaired) electrons. The average molecular weight is 396 g/mol. The van der Waals surface area contributed by atoms with Crippen LogP contribution in [0.1, 0.15) is 25.8 Å². The fraction of sp³-hybridized carbons (Fsp3) is 0.348. The predicted molar refractivity (Wildman–Crippen MR) is 114 cm³/mol. The zero-order chi connectivity index (χ0) is 19.7. The molecule has 0 N–H and O–H groups in total. The number of hydrogen-bond acceptors (Lipinski definition) is 5. The molecule has 4 nitrogen and oxygen atoms in total. The topological polar surface area (TPSA) is 38.8 Å². The average Bonchev–Trinajstić information content (AvgIpc) is 2.86. The first-order valence-electron chi connectivity index (χ1n) is 9.57. The summed E-state index contributed by atoms with van der Waals surface area (Å²) in [5.74, 6) is 2.05. The van der Waals surface area contributed by atoms with Crippen LogP contribution in [0.15, 0.2) is 59.1 Å². The maximum Gasteiger partial charge on any atom is 0.167 e. The number of hydrogen-bond donors (Lipinski definition) is 0. The number of anilines is 1. The van der Waals surface area contributed by atoms with Gasteiger partial charge in [0.2, 0.25) is 0 Å². The van der Waals surface area contributed by atoms with Crippen molar-refractivity contribution in [2.45, 2.75) is 30.6 Å². The van der Waals surface area contributed by atoms with Gasteiger partial charge in [0.15, 0.2) is 17.3 Å². The fourth-order valence-electron chi connectivity index (χ4n) is 3.84. The normalized spacial score (nSPS) is 18.7. The van der Waals surface area contributed by atoms with Crippen molar-refractivity contribution in [3.63, 3.8) is 0 Å². The summed E-state index contributed by atoms with van der Waals surface area (Å²) in [5, 5.41) is 0. The summed E-state index contributed by atoms with van der Waals surface area (Å²) in [5.41, 5.74) is 3.29. The molecule has 0 bridgehead atoms. The molecule has 2 heterocycles. The van der Waals surface area contributed by atoms with Crippen LogP contribution in [0, 0.1) is 0 Å². The standard InChI is InChI=1S/C23H25NO3S/c1-23(2)18-7-4-5-8-19(18)24(3)22(23)13-16(25)15-28-17-9-10-20-21(14-17)27-12-6-11-26-20/h4-5,7-10,13-14H,6,11-12,15H2,1-3H3. The Morgan fingerprint density at radius 3 is 2.68 bits per heavy atom. The number of thioether (sulfide) groups is 1. The molecule has 0 spiro atoms. The zero-order valence-electron chi connectivity index (χ0n) is 16.5. The largest absolute Gasteiger partial charge is 0.490 e. The third-order valence-electron chi connectivity index (χ3n) is 5.34. The highest BCUT2D eigenvalue weighted by Crippen LogP contribution is 2.46. The van der Waals surface area contributed by atoms with Gasteiger partial charge in [0.1, 0.15) is 0 Å². The van der Waals surface area contributed by atoms with E-state index in [-0.39, 0.29) is 11.2 Å². The number of allylic oxidation sites excluding steroid dienone is 2. The monoisotopic (exact) mass is 395 g/mol. The first kappa shape index (κ1) is 18.9. The Kier molecular flexibility index (Phi) is 5.11. The number of rotatable bonds is 4. The molecular weight excluding hydrogens is 370 g/mol. The summed E-state index contributed by atoms with van der Waals surface area (Å²) in [4.78, 5) is 15.9. The third-order valence-corrected chi connectivity index (χ3v) is 6.35. The van der Waals surface area contributed by atoms with Crippen molar-refractivity contribution in [1.82, 2.24) is 0 Å². The molecule has 0 saturated carbocycles. The van der Waals surface area contributed by atoms with Crippen molar-refractivity contribution in [3.05, 3.63) is 59.8 Å². The molecule has 0 aromatic heterocycles. The van der Waals surface area contributed by atoms with Crippen molar-refractivity contribution in [2.24, 2.45) is 0 Å². The highest BCUT2D eigenvalue weighted by atomic mass is 32.2. The lowest BCUT2D eigenvalue weighted by Gasteiger charge is -2.23. The van der Waals surface area contributed by atoms with Gasteiger partial charge in [-0.05, 0) is 29.8 Å². The van der Waals surface area contributed by atoms with Crippen LogP contribution in [0.5, 0.6) is 11.5 Å². The number of carbonyl (C=O) groups is 1. The molecule has 2 aliphatic rings. The number of para-hydroxylation sites is 1. The van der Waals surface area contributed by atoms with E-state index < -0.39 is 0 Å². The van der Waals surface area contributed by atoms with Gasteiger partial charge in [0.05, 0.1) is 19.0 Å². The summed E-state index contributed by atoms with van der Waals surface area (Å²) in [7, 11) is 2.03. The maximum absolute atomic E-state index is 12.7. The van der Waals surface area contributed by atoms with Crippen LogP contribution in [0.3, 0.4) is 0 Å². The number of carbonyl (C=O) groups excluding carboxylic acids is 1. The Hall–Kier alpha value is -2.40. The first-order valence-corrected chi connectivity index (χ1v) is 10.6. The third kappa shape index (κ3) is 3.51. The van der Waals surface area contributed by atoms with E-state index in [4.69, 9.17) is 9.47 Å². The molecule has 0 saturated heterocycles. The van der Waals surface area contributed by atoms with Crippen LogP contribution in [-0.4, -0.2) is 31.8 Å². The number of nitrogens with zero attached hydrogens (tertiary/aromatic N) is 1. The smallest absolute Gasteiger partial charge is 0.167 e. The van der Waals surface area contributed by atoms with Gasteiger partial charge in [0.25, 0.3) is 0 Å². The quantitative estimate of drug-likeness (QED) is 0.548. The number of benzene rings is 2. The Labute approximate surface area is 170 Å². The lowest BCUT2D eigenvalue weighted by molar-refractivity contribution is -0.112. The molecule has 0 amide bonds. The molecule has 0 aliphatic carbocycles. The Bertz CT molecular complexity index is 935. The van der Waals surface area contributed by atoms with Crippen LogP contribution in [0.25, 0.3) is 0 Å². The highest BCUT2D eigenvalue weighted by molar-refractivity contribution is 8.00. The van der Waals surface area contributed by atoms with Crippen molar-refractivity contribution in [2.75, 3.05) is 30.9 Å². The Balaban J connectivity index is 1.47. The van der Waals surface area contributed by atoms with E-state index >= 15 is 0 Å². The molecule has 0 unspecified atom stereocenters. The molecule has 2 aliphatic heterocycles. The number of ketones is 1. The maximum atomic E-state index is 12.7. The summed E-state index contributed by atoms with van der Waals surface area (Å²) >= 11 is 1.53. The van der Waals surface area contributed by atoms with Crippen molar-refractivity contribution in [3.8, 4) is 11.5 Å². The van der Waals surface area contributed by atoms with E-state index in [0.29, 0.717) is 19.0 Å². The van der Waals surface area contributed by atoms with Gasteiger partial charge in [-0.25, -0.2) is 0 Å². The summed E-state index contributed by atoms with van der Waals surface area (Å²) in [6, 6.07) is 14.2. The molecule has 5 heteroatoms. The van der Waals surface area contributed by atoms with Crippen molar-refractivity contribution < 1.29 is 14.3 Å². The van der Waals surface area contributed by atoms with Crippen LogP contribution >= 0.6 is 11.8 Å². The molecule has 4 rings (SSSR count). The molecule has 146 valence electrons. The molecule has 0 fully saturated rings. The van der Waals surface area contributed by atoms with E-state index in [1.165, 1.54) is 23.0 Å². The minimum atomic E-state index is -0.180. The van der Waals surface area contributed by atoms with Crippen molar-refractivity contribution in [1.29, 1.82) is 0 Å². The van der Waals surface area contributed by atoms with Gasteiger partial charge >= 0.3 is 0 Å². The van der Waals surface area contributed by atoms with Crippen LogP contribution in [0.2, 0.25) is 0 Å². The predicted octanol–water partition coefficient (Wildman–Crippen LogP) is 4.82. The lowest BCUT2D eigenvalue weighted by Crippen LogP contribution is -2.24. The molecule has 2 aromatic carbocycles. The minimum absolute atomic E-state index is 0.111.